The molecule has 0 aliphatic heterocycles. The summed E-state index contributed by atoms with van der Waals surface area (Å²) in [5.74, 6) is -0.310. The second-order valence-electron chi connectivity index (χ2n) is 6.64. The molecule has 2 unspecified atom stereocenters. The Balaban J connectivity index is 4.40. The van der Waals surface area contributed by atoms with Gasteiger partial charge in [0, 0.05) is 6.42 Å². The van der Waals surface area contributed by atoms with Crippen molar-refractivity contribution in [2.45, 2.75) is 91.8 Å². The van der Waals surface area contributed by atoms with Crippen molar-refractivity contribution in [3.8, 4) is 0 Å². The molecule has 2 atom stereocenters. The molecule has 4 nitrogen and oxygen atoms in total. The highest BCUT2D eigenvalue weighted by Crippen LogP contribution is 2.31. The Morgan fingerprint density at radius 2 is 1.80 bits per heavy atom. The van der Waals surface area contributed by atoms with E-state index >= 15 is 0 Å². The molecule has 0 bridgehead atoms. The first-order valence-corrected chi connectivity index (χ1v) is 7.75. The van der Waals surface area contributed by atoms with Crippen LogP contribution in [0.4, 0.5) is 0 Å². The first kappa shape index (κ1) is 19.4. The van der Waals surface area contributed by atoms with E-state index in [1.807, 2.05) is 13.8 Å². The summed E-state index contributed by atoms with van der Waals surface area (Å²) in [5, 5.41) is 9.38. The first-order valence-electron chi connectivity index (χ1n) is 7.75. The molecule has 4 heteroatoms. The van der Waals surface area contributed by atoms with Gasteiger partial charge in [0.1, 0.15) is 5.60 Å². The number of aliphatic hydroxyl groups excluding tert-OH is 1. The molecule has 0 saturated carbocycles. The van der Waals surface area contributed by atoms with E-state index in [1.54, 1.807) is 20.8 Å². The summed E-state index contributed by atoms with van der Waals surface area (Å²) < 4.78 is 0. The van der Waals surface area contributed by atoms with Crippen molar-refractivity contribution in [1.82, 2.24) is 0 Å². The molecular formula is C16H32O4. The zero-order chi connectivity index (χ0) is 15.8. The van der Waals surface area contributed by atoms with Gasteiger partial charge in [-0.05, 0) is 40.5 Å². The van der Waals surface area contributed by atoms with E-state index in [4.69, 9.17) is 9.78 Å². The van der Waals surface area contributed by atoms with E-state index in [-0.39, 0.29) is 5.97 Å². The van der Waals surface area contributed by atoms with Gasteiger partial charge in [0.15, 0.2) is 0 Å². The van der Waals surface area contributed by atoms with Gasteiger partial charge in [-0.25, -0.2) is 4.79 Å². The first-order chi connectivity index (χ1) is 9.17. The van der Waals surface area contributed by atoms with Crippen LogP contribution in [-0.4, -0.2) is 22.8 Å². The third-order valence-corrected chi connectivity index (χ3v) is 3.74. The minimum Gasteiger partial charge on any atom is -0.393 e. The number of carbonyl (C=O) groups excluding carboxylic acids is 1. The molecule has 0 heterocycles. The molecule has 20 heavy (non-hydrogen) atoms. The van der Waals surface area contributed by atoms with Gasteiger partial charge < -0.3 is 5.11 Å². The average Bonchev–Trinajstić information content (AvgIpc) is 2.34. The monoisotopic (exact) mass is 288 g/mol. The average molecular weight is 288 g/mol. The van der Waals surface area contributed by atoms with Crippen LogP contribution in [0.2, 0.25) is 0 Å². The lowest BCUT2D eigenvalue weighted by Crippen LogP contribution is -2.35. The van der Waals surface area contributed by atoms with E-state index in [0.29, 0.717) is 6.42 Å². The van der Waals surface area contributed by atoms with Crippen LogP contribution in [0.1, 0.15) is 80.1 Å². The minimum atomic E-state index is -0.679. The molecule has 120 valence electrons. The highest BCUT2D eigenvalue weighted by molar-refractivity contribution is 5.75. The summed E-state index contributed by atoms with van der Waals surface area (Å²) in [6, 6.07) is 0. The molecule has 1 N–H and O–H groups in total. The number of rotatable bonds is 10. The normalized spacial score (nSPS) is 16.6. The maximum atomic E-state index is 12.2. The molecule has 0 fully saturated rings. The molecule has 0 rings (SSSR count). The third kappa shape index (κ3) is 7.25. The largest absolute Gasteiger partial charge is 0.393 e. The van der Waals surface area contributed by atoms with Crippen LogP contribution in [0.25, 0.3) is 0 Å². The maximum Gasteiger partial charge on any atom is 0.348 e. The fourth-order valence-electron chi connectivity index (χ4n) is 2.19. The molecular weight excluding hydrogens is 256 g/mol. The predicted molar refractivity (Wildman–Crippen MR) is 80.1 cm³/mol. The van der Waals surface area contributed by atoms with Crippen molar-refractivity contribution in [1.29, 1.82) is 0 Å². The van der Waals surface area contributed by atoms with Crippen molar-refractivity contribution in [2.75, 3.05) is 0 Å². The molecule has 0 aromatic heterocycles. The van der Waals surface area contributed by atoms with Gasteiger partial charge in [0.2, 0.25) is 0 Å². The smallest absolute Gasteiger partial charge is 0.348 e. The van der Waals surface area contributed by atoms with Crippen LogP contribution in [0.3, 0.4) is 0 Å². The van der Waals surface area contributed by atoms with Crippen LogP contribution >= 0.6 is 0 Å². The van der Waals surface area contributed by atoms with E-state index < -0.39 is 17.1 Å². The third-order valence-electron chi connectivity index (χ3n) is 3.74. The van der Waals surface area contributed by atoms with Crippen molar-refractivity contribution in [3.05, 3.63) is 0 Å². The molecule has 0 aromatic rings. The lowest BCUT2D eigenvalue weighted by Gasteiger charge is -2.29. The standard InChI is InChI=1S/C16H32O4/c1-7-9-10-11-16(6,8-2)14(18)19-20-15(4,5)12-13(3)17/h13,17H,7-12H2,1-6H3. The highest BCUT2D eigenvalue weighted by atomic mass is 17.2. The van der Waals surface area contributed by atoms with Gasteiger partial charge >= 0.3 is 5.97 Å². The SMILES string of the molecule is CCCCCC(C)(CC)C(=O)OOC(C)(C)CC(C)O. The number of hydrogen-bond acceptors (Lipinski definition) is 4. The molecule has 0 aliphatic carbocycles. The Hall–Kier alpha value is -0.610. The van der Waals surface area contributed by atoms with Gasteiger partial charge in [-0.1, -0.05) is 33.1 Å². The van der Waals surface area contributed by atoms with Crippen LogP contribution in [0, 0.1) is 5.41 Å². The summed E-state index contributed by atoms with van der Waals surface area (Å²) in [7, 11) is 0. The number of carbonyl (C=O) groups is 1. The van der Waals surface area contributed by atoms with Gasteiger partial charge in [-0.3, -0.25) is 4.89 Å². The molecule has 0 aliphatic rings. The van der Waals surface area contributed by atoms with Gasteiger partial charge in [-0.2, -0.15) is 4.89 Å². The molecule has 0 saturated heterocycles. The van der Waals surface area contributed by atoms with Crippen LogP contribution in [-0.2, 0) is 14.6 Å². The van der Waals surface area contributed by atoms with Crippen molar-refractivity contribution >= 4 is 5.97 Å². The van der Waals surface area contributed by atoms with Crippen molar-refractivity contribution in [2.24, 2.45) is 5.41 Å². The summed E-state index contributed by atoms with van der Waals surface area (Å²) >= 11 is 0. The molecule has 0 amide bonds. The van der Waals surface area contributed by atoms with E-state index in [2.05, 4.69) is 6.92 Å². The van der Waals surface area contributed by atoms with E-state index in [9.17, 15) is 9.90 Å². The Labute approximate surface area is 123 Å². The zero-order valence-electron chi connectivity index (χ0n) is 14.0. The molecule has 0 spiro atoms. The second-order valence-corrected chi connectivity index (χ2v) is 6.64. The minimum absolute atomic E-state index is 0.310. The fraction of sp³-hybridized carbons (Fsp3) is 0.938. The number of unbranched alkanes of at least 4 members (excludes halogenated alkanes) is 2. The zero-order valence-corrected chi connectivity index (χ0v) is 14.0. The van der Waals surface area contributed by atoms with Crippen molar-refractivity contribution in [3.63, 3.8) is 0 Å². The second kappa shape index (κ2) is 8.63. The van der Waals surface area contributed by atoms with E-state index in [0.717, 1.165) is 32.1 Å². The van der Waals surface area contributed by atoms with Crippen molar-refractivity contribution < 1.29 is 19.7 Å². The number of aliphatic hydroxyl groups is 1. The maximum absolute atomic E-state index is 12.2. The fourth-order valence-corrected chi connectivity index (χ4v) is 2.19. The van der Waals surface area contributed by atoms with Gasteiger partial charge in [-0.15, -0.1) is 0 Å². The topological polar surface area (TPSA) is 55.8 Å². The summed E-state index contributed by atoms with van der Waals surface area (Å²) in [4.78, 5) is 22.5. The summed E-state index contributed by atoms with van der Waals surface area (Å²) in [6.45, 7) is 11.3. The Bertz CT molecular complexity index is 286. The lowest BCUT2D eigenvalue weighted by atomic mass is 9.82. The number of hydrogen-bond donors (Lipinski definition) is 1. The van der Waals surface area contributed by atoms with Crippen LogP contribution in [0.5, 0.6) is 0 Å². The Kier molecular flexibility index (Phi) is 8.36. The molecule has 0 radical (unpaired) electrons. The lowest BCUT2D eigenvalue weighted by molar-refractivity contribution is -0.334. The van der Waals surface area contributed by atoms with Gasteiger partial charge in [0.25, 0.3) is 0 Å². The highest BCUT2D eigenvalue weighted by Gasteiger charge is 2.35. The van der Waals surface area contributed by atoms with Crippen LogP contribution < -0.4 is 0 Å². The summed E-state index contributed by atoms with van der Waals surface area (Å²) in [5.41, 5.74) is -1.17. The predicted octanol–water partition coefficient (Wildman–Crippen LogP) is 4.01. The Morgan fingerprint density at radius 3 is 2.25 bits per heavy atom. The van der Waals surface area contributed by atoms with Crippen LogP contribution in [0.15, 0.2) is 0 Å². The molecule has 0 aromatic carbocycles. The van der Waals surface area contributed by atoms with Gasteiger partial charge in [0.05, 0.1) is 11.5 Å². The summed E-state index contributed by atoms with van der Waals surface area (Å²) in [6.07, 6.45) is 4.74. The van der Waals surface area contributed by atoms with E-state index in [1.165, 1.54) is 0 Å². The quantitative estimate of drug-likeness (QED) is 0.375. The Morgan fingerprint density at radius 1 is 1.20 bits per heavy atom.